The van der Waals surface area contributed by atoms with Crippen molar-refractivity contribution in [3.8, 4) is 5.69 Å². The van der Waals surface area contributed by atoms with Gasteiger partial charge in [-0.1, -0.05) is 0 Å². The molecule has 1 N–H and O–H groups in total. The second-order valence-electron chi connectivity index (χ2n) is 4.77. The lowest BCUT2D eigenvalue weighted by atomic mass is 10.1. The maximum atomic E-state index is 10.9. The Morgan fingerprint density at radius 2 is 2.17 bits per heavy atom. The molecular formula is C14H14N2O2. The molecule has 0 spiro atoms. The summed E-state index contributed by atoms with van der Waals surface area (Å²) in [7, 11) is 0. The van der Waals surface area contributed by atoms with E-state index in [4.69, 9.17) is 5.11 Å². The summed E-state index contributed by atoms with van der Waals surface area (Å²) in [5.41, 5.74) is 3.30. The van der Waals surface area contributed by atoms with Gasteiger partial charge in [0.2, 0.25) is 0 Å². The van der Waals surface area contributed by atoms with Crippen molar-refractivity contribution in [1.29, 1.82) is 0 Å². The topological polar surface area (TPSA) is 55.1 Å². The Bertz CT molecular complexity index is 612. The Labute approximate surface area is 105 Å². The summed E-state index contributed by atoms with van der Waals surface area (Å²) in [5.74, 6) is -0.270. The largest absolute Gasteiger partial charge is 0.478 e. The highest BCUT2D eigenvalue weighted by atomic mass is 16.4. The number of rotatable bonds is 3. The highest BCUT2D eigenvalue weighted by molar-refractivity contribution is 5.88. The van der Waals surface area contributed by atoms with E-state index in [1.807, 2.05) is 29.9 Å². The molecule has 0 saturated heterocycles. The van der Waals surface area contributed by atoms with E-state index in [9.17, 15) is 4.79 Å². The molecule has 1 saturated carbocycles. The Morgan fingerprint density at radius 3 is 2.78 bits per heavy atom. The first-order chi connectivity index (χ1) is 8.65. The second kappa shape index (κ2) is 3.98. The molecule has 4 heteroatoms. The molecule has 3 rings (SSSR count). The quantitative estimate of drug-likeness (QED) is 0.900. The molecule has 0 amide bonds. The summed E-state index contributed by atoms with van der Waals surface area (Å²) in [6, 6.07) is 7.14. The van der Waals surface area contributed by atoms with Crippen LogP contribution in [-0.4, -0.2) is 20.9 Å². The van der Waals surface area contributed by atoms with Gasteiger partial charge >= 0.3 is 5.97 Å². The number of benzene rings is 1. The fraction of sp³-hybridized carbons (Fsp3) is 0.286. The van der Waals surface area contributed by atoms with Crippen LogP contribution in [0.5, 0.6) is 0 Å². The van der Waals surface area contributed by atoms with Gasteiger partial charge in [-0.05, 0) is 49.6 Å². The predicted molar refractivity (Wildman–Crippen MR) is 67.2 cm³/mol. The lowest BCUT2D eigenvalue weighted by Gasteiger charge is -2.06. The van der Waals surface area contributed by atoms with Crippen LogP contribution in [0.2, 0.25) is 0 Å². The number of carboxylic acid groups (broad SMARTS) is 1. The summed E-state index contributed by atoms with van der Waals surface area (Å²) in [4.78, 5) is 10.9. The fourth-order valence-electron chi connectivity index (χ4n) is 2.11. The van der Waals surface area contributed by atoms with Crippen molar-refractivity contribution < 1.29 is 9.90 Å². The third kappa shape index (κ3) is 1.90. The summed E-state index contributed by atoms with van der Waals surface area (Å²) in [6.45, 7) is 1.90. The third-order valence-electron chi connectivity index (χ3n) is 3.30. The molecule has 18 heavy (non-hydrogen) atoms. The van der Waals surface area contributed by atoms with E-state index in [0.29, 0.717) is 11.5 Å². The van der Waals surface area contributed by atoms with Crippen LogP contribution < -0.4 is 0 Å². The van der Waals surface area contributed by atoms with Crippen molar-refractivity contribution >= 4 is 5.97 Å². The average molecular weight is 242 g/mol. The van der Waals surface area contributed by atoms with Crippen LogP contribution in [0.4, 0.5) is 0 Å². The summed E-state index contributed by atoms with van der Waals surface area (Å²) in [5, 5.41) is 13.5. The van der Waals surface area contributed by atoms with Gasteiger partial charge < -0.3 is 5.11 Å². The van der Waals surface area contributed by atoms with Crippen LogP contribution in [0.3, 0.4) is 0 Å². The number of nitrogens with zero attached hydrogens (tertiary/aromatic N) is 2. The molecule has 1 aliphatic rings. The number of aromatic carboxylic acids is 1. The Hall–Kier alpha value is -2.10. The van der Waals surface area contributed by atoms with Crippen LogP contribution >= 0.6 is 0 Å². The number of aryl methyl sites for hydroxylation is 1. The molecule has 92 valence electrons. The van der Waals surface area contributed by atoms with E-state index >= 15 is 0 Å². The van der Waals surface area contributed by atoms with Crippen molar-refractivity contribution in [3.63, 3.8) is 0 Å². The molecule has 1 heterocycles. The van der Waals surface area contributed by atoms with Crippen LogP contribution in [0, 0.1) is 6.92 Å². The molecule has 0 unspecified atom stereocenters. The molecule has 0 atom stereocenters. The van der Waals surface area contributed by atoms with E-state index in [0.717, 1.165) is 16.9 Å². The van der Waals surface area contributed by atoms with Gasteiger partial charge in [0.05, 0.1) is 16.9 Å². The number of carbonyl (C=O) groups is 1. The highest BCUT2D eigenvalue weighted by Crippen LogP contribution is 2.39. The van der Waals surface area contributed by atoms with Gasteiger partial charge in [-0.25, -0.2) is 9.48 Å². The predicted octanol–water partition coefficient (Wildman–Crippen LogP) is 2.76. The Balaban J connectivity index is 1.97. The minimum Gasteiger partial charge on any atom is -0.478 e. The zero-order valence-corrected chi connectivity index (χ0v) is 10.1. The number of carboxylic acids is 1. The van der Waals surface area contributed by atoms with E-state index < -0.39 is 5.97 Å². The standard InChI is InChI=1S/C14H14N2O2/c1-9-8-11(14(17)18)4-5-13(9)16-7-6-12(15-16)10-2-3-10/h4-8,10H,2-3H2,1H3,(H,17,18). The summed E-state index contributed by atoms with van der Waals surface area (Å²) < 4.78 is 1.83. The van der Waals surface area contributed by atoms with Crippen molar-refractivity contribution in [2.24, 2.45) is 0 Å². The number of hydrogen-bond acceptors (Lipinski definition) is 2. The van der Waals surface area contributed by atoms with Gasteiger partial charge in [0.25, 0.3) is 0 Å². The Morgan fingerprint density at radius 1 is 1.39 bits per heavy atom. The van der Waals surface area contributed by atoms with Crippen molar-refractivity contribution in [3.05, 3.63) is 47.3 Å². The first-order valence-corrected chi connectivity index (χ1v) is 6.05. The lowest BCUT2D eigenvalue weighted by Crippen LogP contribution is -2.02. The van der Waals surface area contributed by atoms with Crippen LogP contribution in [0.25, 0.3) is 5.69 Å². The smallest absolute Gasteiger partial charge is 0.335 e. The van der Waals surface area contributed by atoms with Crippen molar-refractivity contribution in [2.45, 2.75) is 25.7 Å². The van der Waals surface area contributed by atoms with Gasteiger partial charge in [-0.3, -0.25) is 0 Å². The molecule has 1 aromatic heterocycles. The van der Waals surface area contributed by atoms with E-state index in [1.54, 1.807) is 12.1 Å². The normalized spacial score (nSPS) is 14.7. The zero-order chi connectivity index (χ0) is 12.7. The maximum Gasteiger partial charge on any atom is 0.335 e. The van der Waals surface area contributed by atoms with Gasteiger partial charge in [0.1, 0.15) is 0 Å². The van der Waals surface area contributed by atoms with Gasteiger partial charge in [-0.15, -0.1) is 0 Å². The van der Waals surface area contributed by atoms with E-state index in [1.165, 1.54) is 12.8 Å². The molecule has 1 aliphatic carbocycles. The third-order valence-corrected chi connectivity index (χ3v) is 3.30. The second-order valence-corrected chi connectivity index (χ2v) is 4.77. The lowest BCUT2D eigenvalue weighted by molar-refractivity contribution is 0.0697. The summed E-state index contributed by atoms with van der Waals surface area (Å²) in [6.07, 6.45) is 4.40. The maximum absolute atomic E-state index is 10.9. The minimum absolute atomic E-state index is 0.311. The zero-order valence-electron chi connectivity index (χ0n) is 10.1. The minimum atomic E-state index is -0.899. The molecule has 2 aromatic rings. The van der Waals surface area contributed by atoms with Gasteiger partial charge in [0, 0.05) is 12.1 Å². The number of hydrogen-bond donors (Lipinski definition) is 1. The first-order valence-electron chi connectivity index (χ1n) is 6.05. The summed E-state index contributed by atoms with van der Waals surface area (Å²) >= 11 is 0. The first kappa shape index (κ1) is 11.0. The van der Waals surface area contributed by atoms with E-state index in [2.05, 4.69) is 5.10 Å². The van der Waals surface area contributed by atoms with Crippen LogP contribution in [0.1, 0.15) is 40.4 Å². The SMILES string of the molecule is Cc1cc(C(=O)O)ccc1-n1ccc(C2CC2)n1. The highest BCUT2D eigenvalue weighted by Gasteiger charge is 2.26. The molecular weight excluding hydrogens is 228 g/mol. The fourth-order valence-corrected chi connectivity index (χ4v) is 2.11. The molecule has 0 aliphatic heterocycles. The van der Waals surface area contributed by atoms with Crippen LogP contribution in [-0.2, 0) is 0 Å². The number of aromatic nitrogens is 2. The Kier molecular flexibility index (Phi) is 2.44. The molecule has 4 nitrogen and oxygen atoms in total. The van der Waals surface area contributed by atoms with Crippen LogP contribution in [0.15, 0.2) is 30.5 Å². The molecule has 0 bridgehead atoms. The van der Waals surface area contributed by atoms with E-state index in [-0.39, 0.29) is 0 Å². The molecule has 1 aromatic carbocycles. The van der Waals surface area contributed by atoms with Gasteiger partial charge in [-0.2, -0.15) is 5.10 Å². The van der Waals surface area contributed by atoms with Crippen molar-refractivity contribution in [2.75, 3.05) is 0 Å². The average Bonchev–Trinajstić information content (AvgIpc) is 3.08. The van der Waals surface area contributed by atoms with Gasteiger partial charge in [0.15, 0.2) is 0 Å². The molecule has 1 fully saturated rings. The monoisotopic (exact) mass is 242 g/mol. The molecule has 0 radical (unpaired) electrons. The van der Waals surface area contributed by atoms with Crippen molar-refractivity contribution in [1.82, 2.24) is 9.78 Å².